The van der Waals surface area contributed by atoms with Crippen molar-refractivity contribution in [2.75, 3.05) is 0 Å². The Kier molecular flexibility index (Phi) is 1.72. The number of allylic oxidation sites excluding steroid dienone is 4. The maximum absolute atomic E-state index is 2.25. The summed E-state index contributed by atoms with van der Waals surface area (Å²) in [6, 6.07) is 0. The van der Waals surface area contributed by atoms with Crippen LogP contribution in [-0.4, -0.2) is 0 Å². The Morgan fingerprint density at radius 2 is 1.80 bits per heavy atom. The molecule has 0 aliphatic heterocycles. The van der Waals surface area contributed by atoms with E-state index >= 15 is 0 Å². The van der Waals surface area contributed by atoms with Crippen molar-refractivity contribution in [2.24, 2.45) is 5.41 Å². The van der Waals surface area contributed by atoms with Crippen LogP contribution in [0.1, 0.15) is 27.7 Å². The van der Waals surface area contributed by atoms with Gasteiger partial charge in [0.15, 0.2) is 0 Å². The van der Waals surface area contributed by atoms with Crippen LogP contribution in [0.2, 0.25) is 0 Å². The van der Waals surface area contributed by atoms with Crippen molar-refractivity contribution in [1.29, 1.82) is 0 Å². The fourth-order valence-electron chi connectivity index (χ4n) is 1.35. The van der Waals surface area contributed by atoms with Crippen LogP contribution < -0.4 is 0 Å². The minimum Gasteiger partial charge on any atom is -0.0726 e. The first-order chi connectivity index (χ1) is 4.52. The molecule has 0 aromatic rings. The second-order valence-corrected chi connectivity index (χ2v) is 3.87. The lowest BCUT2D eigenvalue weighted by Gasteiger charge is -2.25. The second-order valence-electron chi connectivity index (χ2n) is 3.87. The Hall–Kier alpha value is -0.520. The van der Waals surface area contributed by atoms with Gasteiger partial charge in [-0.1, -0.05) is 44.6 Å². The third-order valence-corrected chi connectivity index (χ3v) is 1.84. The van der Waals surface area contributed by atoms with E-state index in [1.54, 1.807) is 0 Å². The Labute approximate surface area is 63.6 Å². The van der Waals surface area contributed by atoms with Crippen LogP contribution in [0, 0.1) is 11.3 Å². The summed E-state index contributed by atoms with van der Waals surface area (Å²) in [5.74, 6) is 1.47. The van der Waals surface area contributed by atoms with Crippen molar-refractivity contribution in [3.63, 3.8) is 0 Å². The van der Waals surface area contributed by atoms with E-state index in [9.17, 15) is 0 Å². The number of hydrogen-bond donors (Lipinski definition) is 0. The summed E-state index contributed by atoms with van der Waals surface area (Å²) < 4.78 is 0. The maximum atomic E-state index is 2.25. The molecular weight excluding hydrogens is 120 g/mol. The zero-order chi connectivity index (χ0) is 7.78. The monoisotopic (exact) mass is 135 g/mol. The van der Waals surface area contributed by atoms with Gasteiger partial charge < -0.3 is 0 Å². The fourth-order valence-corrected chi connectivity index (χ4v) is 1.35. The van der Waals surface area contributed by atoms with E-state index in [0.29, 0.717) is 5.41 Å². The first-order valence-electron chi connectivity index (χ1n) is 3.74. The van der Waals surface area contributed by atoms with Crippen molar-refractivity contribution in [3.8, 4) is 0 Å². The Bertz CT molecular complexity index is 177. The predicted molar refractivity (Wildman–Crippen MR) is 45.6 cm³/mol. The zero-order valence-corrected chi connectivity index (χ0v) is 7.23. The molecule has 0 aromatic heterocycles. The highest BCUT2D eigenvalue weighted by atomic mass is 14.3. The summed E-state index contributed by atoms with van der Waals surface area (Å²) in [5.41, 5.74) is 1.72. The molecule has 0 heterocycles. The molecule has 0 heteroatoms. The summed E-state index contributed by atoms with van der Waals surface area (Å²) in [7, 11) is 0. The normalized spacial score (nSPS) is 19.8. The molecule has 0 atom stereocenters. The standard InChI is InChI=1S/C10H15/c1-8-6-5-7-9(8)10(2,3)4/h5-7H,1-4H3. The van der Waals surface area contributed by atoms with Crippen LogP contribution in [0.15, 0.2) is 23.8 Å². The molecule has 0 spiro atoms. The minimum atomic E-state index is 0.313. The lowest BCUT2D eigenvalue weighted by molar-refractivity contribution is 0.467. The minimum absolute atomic E-state index is 0.313. The van der Waals surface area contributed by atoms with Crippen LogP contribution in [0.3, 0.4) is 0 Å². The quantitative estimate of drug-likeness (QED) is 0.478. The van der Waals surface area contributed by atoms with Gasteiger partial charge in [-0.3, -0.25) is 0 Å². The molecule has 0 saturated carbocycles. The van der Waals surface area contributed by atoms with Gasteiger partial charge in [-0.2, -0.15) is 0 Å². The van der Waals surface area contributed by atoms with Gasteiger partial charge in [0.25, 0.3) is 0 Å². The highest BCUT2D eigenvalue weighted by molar-refractivity contribution is 5.44. The summed E-state index contributed by atoms with van der Waals surface area (Å²) in [6.45, 7) is 8.90. The SMILES string of the molecule is CC1=CC=C[C]1C(C)(C)C. The first-order valence-corrected chi connectivity index (χ1v) is 3.74. The fraction of sp³-hybridized carbons (Fsp3) is 0.500. The average Bonchev–Trinajstić information content (AvgIpc) is 2.11. The molecule has 0 aromatic carbocycles. The van der Waals surface area contributed by atoms with Crippen molar-refractivity contribution in [2.45, 2.75) is 27.7 Å². The molecule has 0 bridgehead atoms. The first kappa shape index (κ1) is 7.59. The largest absolute Gasteiger partial charge is 0.0726 e. The van der Waals surface area contributed by atoms with E-state index in [0.717, 1.165) is 0 Å². The summed E-state index contributed by atoms with van der Waals surface area (Å²) in [4.78, 5) is 0. The van der Waals surface area contributed by atoms with Gasteiger partial charge in [-0.15, -0.1) is 0 Å². The molecule has 0 fully saturated rings. The molecule has 0 unspecified atom stereocenters. The molecule has 1 aliphatic rings. The molecule has 1 rings (SSSR count). The van der Waals surface area contributed by atoms with Crippen molar-refractivity contribution in [3.05, 3.63) is 29.7 Å². The van der Waals surface area contributed by atoms with E-state index in [1.807, 2.05) is 0 Å². The molecule has 0 amide bonds. The maximum Gasteiger partial charge on any atom is 0.0276 e. The molecule has 0 nitrogen and oxygen atoms in total. The number of hydrogen-bond acceptors (Lipinski definition) is 0. The van der Waals surface area contributed by atoms with Gasteiger partial charge in [-0.05, 0) is 12.3 Å². The van der Waals surface area contributed by atoms with E-state index in [4.69, 9.17) is 0 Å². The number of rotatable bonds is 0. The highest BCUT2D eigenvalue weighted by Crippen LogP contribution is 2.37. The molecular formula is C10H15. The third-order valence-electron chi connectivity index (χ3n) is 1.84. The van der Waals surface area contributed by atoms with Gasteiger partial charge in [0.05, 0.1) is 0 Å². The average molecular weight is 135 g/mol. The molecule has 55 valence electrons. The van der Waals surface area contributed by atoms with E-state index in [2.05, 4.69) is 45.9 Å². The van der Waals surface area contributed by atoms with Crippen molar-refractivity contribution < 1.29 is 0 Å². The molecule has 0 N–H and O–H groups in total. The van der Waals surface area contributed by atoms with Crippen LogP contribution in [0.25, 0.3) is 0 Å². The van der Waals surface area contributed by atoms with E-state index in [1.165, 1.54) is 11.5 Å². The molecule has 1 aliphatic carbocycles. The summed E-state index contributed by atoms with van der Waals surface area (Å²) in [6.07, 6.45) is 6.49. The van der Waals surface area contributed by atoms with Crippen LogP contribution in [0.4, 0.5) is 0 Å². The highest BCUT2D eigenvalue weighted by Gasteiger charge is 2.25. The van der Waals surface area contributed by atoms with Gasteiger partial charge >= 0.3 is 0 Å². The molecule has 10 heavy (non-hydrogen) atoms. The van der Waals surface area contributed by atoms with E-state index < -0.39 is 0 Å². The van der Waals surface area contributed by atoms with Crippen LogP contribution >= 0.6 is 0 Å². The zero-order valence-electron chi connectivity index (χ0n) is 7.23. The molecule has 1 radical (unpaired) electrons. The Balaban J connectivity index is 2.76. The molecule has 0 saturated heterocycles. The van der Waals surface area contributed by atoms with Crippen LogP contribution in [0.5, 0.6) is 0 Å². The smallest absolute Gasteiger partial charge is 0.0276 e. The summed E-state index contributed by atoms with van der Waals surface area (Å²) >= 11 is 0. The lowest BCUT2D eigenvalue weighted by Crippen LogP contribution is -2.15. The third kappa shape index (κ3) is 1.31. The predicted octanol–water partition coefficient (Wildman–Crippen LogP) is 3.12. The Morgan fingerprint density at radius 1 is 1.20 bits per heavy atom. The Morgan fingerprint density at radius 3 is 2.00 bits per heavy atom. The van der Waals surface area contributed by atoms with Gasteiger partial charge in [-0.25, -0.2) is 0 Å². The van der Waals surface area contributed by atoms with E-state index in [-0.39, 0.29) is 0 Å². The lowest BCUT2D eigenvalue weighted by atomic mass is 9.78. The summed E-state index contributed by atoms with van der Waals surface area (Å²) in [5, 5.41) is 0. The van der Waals surface area contributed by atoms with Gasteiger partial charge in [0.2, 0.25) is 0 Å². The van der Waals surface area contributed by atoms with Gasteiger partial charge in [0.1, 0.15) is 0 Å². The van der Waals surface area contributed by atoms with Gasteiger partial charge in [0, 0.05) is 5.92 Å². The van der Waals surface area contributed by atoms with Crippen LogP contribution in [-0.2, 0) is 0 Å². The van der Waals surface area contributed by atoms with Crippen molar-refractivity contribution in [1.82, 2.24) is 0 Å². The van der Waals surface area contributed by atoms with Crippen molar-refractivity contribution >= 4 is 0 Å². The topological polar surface area (TPSA) is 0 Å². The second kappa shape index (κ2) is 2.26.